The van der Waals surface area contributed by atoms with Crippen LogP contribution in [0, 0.1) is 0 Å². The molecule has 0 aliphatic carbocycles. The number of aromatic nitrogens is 2. The third-order valence-electron chi connectivity index (χ3n) is 1.61. The van der Waals surface area contributed by atoms with Gasteiger partial charge in [-0.25, -0.2) is 4.98 Å². The van der Waals surface area contributed by atoms with Gasteiger partial charge >= 0.3 is 0 Å². The number of ether oxygens (including phenoxy) is 1. The number of rotatable bonds is 4. The third-order valence-corrected chi connectivity index (χ3v) is 1.61. The van der Waals surface area contributed by atoms with Crippen molar-refractivity contribution in [3.05, 3.63) is 22.4 Å². The number of aromatic amines is 1. The smallest absolute Gasteiger partial charge is 0.293 e. The molecule has 13 heavy (non-hydrogen) atoms. The van der Waals surface area contributed by atoms with E-state index in [0.29, 0.717) is 12.4 Å². The average Bonchev–Trinajstić information content (AvgIpc) is 2.10. The van der Waals surface area contributed by atoms with Gasteiger partial charge in [-0.15, -0.1) is 0 Å². The second kappa shape index (κ2) is 4.64. The zero-order valence-corrected chi connectivity index (χ0v) is 7.96. The zero-order chi connectivity index (χ0) is 9.68. The van der Waals surface area contributed by atoms with Crippen molar-refractivity contribution in [2.75, 3.05) is 6.61 Å². The van der Waals surface area contributed by atoms with Crippen LogP contribution in [-0.4, -0.2) is 16.6 Å². The Morgan fingerprint density at radius 1 is 1.54 bits per heavy atom. The van der Waals surface area contributed by atoms with Crippen LogP contribution in [0.4, 0.5) is 0 Å². The first-order valence-electron chi connectivity index (χ1n) is 4.49. The summed E-state index contributed by atoms with van der Waals surface area (Å²) in [6.07, 6.45) is 3.24. The number of hydrogen-bond donors (Lipinski definition) is 1. The second-order valence-electron chi connectivity index (χ2n) is 2.71. The van der Waals surface area contributed by atoms with Gasteiger partial charge in [0, 0.05) is 6.42 Å². The van der Waals surface area contributed by atoms with Crippen molar-refractivity contribution >= 4 is 0 Å². The summed E-state index contributed by atoms with van der Waals surface area (Å²) in [6, 6.07) is 0. The Kier molecular flexibility index (Phi) is 3.49. The van der Waals surface area contributed by atoms with Crippen molar-refractivity contribution in [3.8, 4) is 5.75 Å². The van der Waals surface area contributed by atoms with Crippen molar-refractivity contribution in [1.29, 1.82) is 0 Å². The molecule has 0 unspecified atom stereocenters. The molecule has 72 valence electrons. The van der Waals surface area contributed by atoms with Crippen LogP contribution in [-0.2, 0) is 6.42 Å². The van der Waals surface area contributed by atoms with E-state index in [-0.39, 0.29) is 5.56 Å². The highest BCUT2D eigenvalue weighted by atomic mass is 16.5. The van der Waals surface area contributed by atoms with Gasteiger partial charge in [0.2, 0.25) is 5.75 Å². The summed E-state index contributed by atoms with van der Waals surface area (Å²) in [7, 11) is 0. The number of nitrogens with one attached hydrogen (secondary N) is 1. The lowest BCUT2D eigenvalue weighted by molar-refractivity contribution is 0.333. The van der Waals surface area contributed by atoms with Gasteiger partial charge < -0.3 is 9.72 Å². The lowest BCUT2D eigenvalue weighted by Crippen LogP contribution is -2.14. The van der Waals surface area contributed by atoms with Gasteiger partial charge in [-0.2, -0.15) is 0 Å². The summed E-state index contributed by atoms with van der Waals surface area (Å²) >= 11 is 0. The quantitative estimate of drug-likeness (QED) is 0.759. The topological polar surface area (TPSA) is 55.0 Å². The van der Waals surface area contributed by atoms with E-state index in [1.54, 1.807) is 0 Å². The predicted molar refractivity (Wildman–Crippen MR) is 50.0 cm³/mol. The standard InChI is InChI=1S/C9H14N2O2/c1-3-5-8-10-6-7(13-4-2)9(12)11-8/h6H,3-5H2,1-2H3,(H,10,11,12). The lowest BCUT2D eigenvalue weighted by Gasteiger charge is -2.02. The summed E-state index contributed by atoms with van der Waals surface area (Å²) in [5, 5.41) is 0. The molecule has 4 nitrogen and oxygen atoms in total. The molecule has 0 saturated heterocycles. The van der Waals surface area contributed by atoms with Crippen molar-refractivity contribution in [1.82, 2.24) is 9.97 Å². The molecule has 0 aliphatic heterocycles. The Morgan fingerprint density at radius 3 is 2.85 bits per heavy atom. The molecule has 1 rings (SSSR count). The molecule has 0 fully saturated rings. The minimum atomic E-state index is -0.194. The summed E-state index contributed by atoms with van der Waals surface area (Å²) in [6.45, 7) is 4.35. The van der Waals surface area contributed by atoms with Crippen molar-refractivity contribution < 1.29 is 4.74 Å². The van der Waals surface area contributed by atoms with Crippen LogP contribution in [0.15, 0.2) is 11.0 Å². The van der Waals surface area contributed by atoms with Crippen LogP contribution in [0.2, 0.25) is 0 Å². The molecule has 0 spiro atoms. The van der Waals surface area contributed by atoms with Crippen LogP contribution < -0.4 is 10.3 Å². The first-order valence-corrected chi connectivity index (χ1v) is 4.49. The van der Waals surface area contributed by atoms with Gasteiger partial charge in [-0.1, -0.05) is 6.92 Å². The molecule has 0 atom stereocenters. The average molecular weight is 182 g/mol. The predicted octanol–water partition coefficient (Wildman–Crippen LogP) is 1.12. The van der Waals surface area contributed by atoms with Crippen LogP contribution >= 0.6 is 0 Å². The first kappa shape index (κ1) is 9.77. The molecule has 1 aromatic heterocycles. The molecule has 1 aromatic rings. The molecule has 0 aromatic carbocycles. The largest absolute Gasteiger partial charge is 0.487 e. The normalized spacial score (nSPS) is 10.0. The Bertz CT molecular complexity index is 320. The fourth-order valence-corrected chi connectivity index (χ4v) is 1.04. The van der Waals surface area contributed by atoms with Gasteiger partial charge in [0.05, 0.1) is 12.8 Å². The summed E-state index contributed by atoms with van der Waals surface area (Å²) < 4.78 is 5.06. The fourth-order valence-electron chi connectivity index (χ4n) is 1.04. The van der Waals surface area contributed by atoms with Gasteiger partial charge in [-0.05, 0) is 13.3 Å². The molecule has 0 saturated carbocycles. The maximum atomic E-state index is 11.3. The van der Waals surface area contributed by atoms with E-state index in [0.717, 1.165) is 18.7 Å². The molecule has 1 N–H and O–H groups in total. The Labute approximate surface area is 77.0 Å². The maximum Gasteiger partial charge on any atom is 0.293 e. The van der Waals surface area contributed by atoms with Crippen molar-refractivity contribution in [2.45, 2.75) is 26.7 Å². The third kappa shape index (κ3) is 2.57. The van der Waals surface area contributed by atoms with Crippen LogP contribution in [0.5, 0.6) is 5.75 Å². The first-order chi connectivity index (χ1) is 6.27. The lowest BCUT2D eigenvalue weighted by atomic mass is 10.3. The second-order valence-corrected chi connectivity index (χ2v) is 2.71. The van der Waals surface area contributed by atoms with Gasteiger partial charge in [0.1, 0.15) is 5.82 Å². The molecule has 4 heteroatoms. The molecule has 0 bridgehead atoms. The summed E-state index contributed by atoms with van der Waals surface area (Å²) in [4.78, 5) is 18.0. The zero-order valence-electron chi connectivity index (χ0n) is 7.96. The van der Waals surface area contributed by atoms with E-state index in [1.165, 1.54) is 6.20 Å². The molecule has 0 aliphatic rings. The van der Waals surface area contributed by atoms with Crippen LogP contribution in [0.1, 0.15) is 26.1 Å². The highest BCUT2D eigenvalue weighted by Crippen LogP contribution is 2.00. The molecular formula is C9H14N2O2. The molecule has 0 amide bonds. The Morgan fingerprint density at radius 2 is 2.31 bits per heavy atom. The number of nitrogens with zero attached hydrogens (tertiary/aromatic N) is 1. The van der Waals surface area contributed by atoms with E-state index in [2.05, 4.69) is 9.97 Å². The molecular weight excluding hydrogens is 168 g/mol. The Balaban J connectivity index is 2.85. The van der Waals surface area contributed by atoms with Crippen molar-refractivity contribution in [2.24, 2.45) is 0 Å². The minimum Gasteiger partial charge on any atom is -0.487 e. The minimum absolute atomic E-state index is 0.194. The maximum absolute atomic E-state index is 11.3. The SMILES string of the molecule is CCCc1ncc(OCC)c(=O)[nH]1. The van der Waals surface area contributed by atoms with E-state index in [1.807, 2.05) is 13.8 Å². The summed E-state index contributed by atoms with van der Waals surface area (Å²) in [5.74, 6) is 1.01. The number of hydrogen-bond acceptors (Lipinski definition) is 3. The highest BCUT2D eigenvalue weighted by Gasteiger charge is 2.01. The van der Waals surface area contributed by atoms with Crippen molar-refractivity contribution in [3.63, 3.8) is 0 Å². The monoisotopic (exact) mass is 182 g/mol. The Hall–Kier alpha value is -1.32. The fraction of sp³-hybridized carbons (Fsp3) is 0.556. The number of H-pyrrole nitrogens is 1. The molecule has 1 heterocycles. The van der Waals surface area contributed by atoms with E-state index in [4.69, 9.17) is 4.74 Å². The van der Waals surface area contributed by atoms with Gasteiger partial charge in [-0.3, -0.25) is 4.79 Å². The van der Waals surface area contributed by atoms with Gasteiger partial charge in [0.15, 0.2) is 0 Å². The van der Waals surface area contributed by atoms with Crippen LogP contribution in [0.3, 0.4) is 0 Å². The van der Waals surface area contributed by atoms with Gasteiger partial charge in [0.25, 0.3) is 5.56 Å². The van der Waals surface area contributed by atoms with Crippen LogP contribution in [0.25, 0.3) is 0 Å². The summed E-state index contributed by atoms with van der Waals surface area (Å²) in [5.41, 5.74) is -0.194. The van der Waals surface area contributed by atoms with E-state index in [9.17, 15) is 4.79 Å². The van der Waals surface area contributed by atoms with E-state index < -0.39 is 0 Å². The highest BCUT2D eigenvalue weighted by molar-refractivity contribution is 5.12. The number of aryl methyl sites for hydroxylation is 1. The van der Waals surface area contributed by atoms with E-state index >= 15 is 0 Å². The molecule has 0 radical (unpaired) electrons.